The van der Waals surface area contributed by atoms with Crippen LogP contribution in [-0.2, 0) is 4.79 Å². The molecular weight excluding hydrogens is 234 g/mol. The average molecular weight is 251 g/mol. The van der Waals surface area contributed by atoms with Crippen LogP contribution in [0.25, 0.3) is 0 Å². The number of aromatic nitrogens is 1. The molecule has 0 aromatic carbocycles. The molecular formula is C12H17N3OS. The lowest BCUT2D eigenvalue weighted by atomic mass is 9.78. The van der Waals surface area contributed by atoms with E-state index in [9.17, 15) is 4.79 Å². The maximum Gasteiger partial charge on any atom is 0.234 e. The molecule has 3 heterocycles. The third kappa shape index (κ3) is 1.77. The summed E-state index contributed by atoms with van der Waals surface area (Å²) in [5.41, 5.74) is 0.924. The first-order valence-electron chi connectivity index (χ1n) is 6.17. The van der Waals surface area contributed by atoms with Gasteiger partial charge in [-0.25, -0.2) is 0 Å². The van der Waals surface area contributed by atoms with Gasteiger partial charge in [-0.3, -0.25) is 4.79 Å². The molecule has 92 valence electrons. The second kappa shape index (κ2) is 4.07. The van der Waals surface area contributed by atoms with Crippen molar-refractivity contribution in [1.29, 1.82) is 0 Å². The van der Waals surface area contributed by atoms with Crippen molar-refractivity contribution in [2.24, 2.45) is 5.41 Å². The summed E-state index contributed by atoms with van der Waals surface area (Å²) < 4.78 is 4.26. The SMILES string of the molecule is Cc1cc(N2CCC3(CCNCC3)C2=O)sn1. The van der Waals surface area contributed by atoms with Crippen LogP contribution in [0.5, 0.6) is 0 Å². The fourth-order valence-corrected chi connectivity index (χ4v) is 3.66. The van der Waals surface area contributed by atoms with Gasteiger partial charge in [0.05, 0.1) is 11.1 Å². The first kappa shape index (κ1) is 11.2. The van der Waals surface area contributed by atoms with E-state index in [1.54, 1.807) is 0 Å². The van der Waals surface area contributed by atoms with Gasteiger partial charge in [-0.2, -0.15) is 4.37 Å². The molecule has 1 aromatic heterocycles. The predicted molar refractivity (Wildman–Crippen MR) is 68.4 cm³/mol. The zero-order valence-corrected chi connectivity index (χ0v) is 10.8. The topological polar surface area (TPSA) is 45.2 Å². The number of carbonyl (C=O) groups is 1. The van der Waals surface area contributed by atoms with Crippen molar-refractivity contribution < 1.29 is 4.79 Å². The smallest absolute Gasteiger partial charge is 0.234 e. The molecule has 0 aliphatic carbocycles. The van der Waals surface area contributed by atoms with Gasteiger partial charge in [0.1, 0.15) is 5.00 Å². The first-order chi connectivity index (χ1) is 8.21. The Morgan fingerprint density at radius 2 is 2.18 bits per heavy atom. The van der Waals surface area contributed by atoms with Crippen LogP contribution in [0.1, 0.15) is 25.0 Å². The Kier molecular flexibility index (Phi) is 2.67. The summed E-state index contributed by atoms with van der Waals surface area (Å²) in [4.78, 5) is 14.5. The van der Waals surface area contributed by atoms with E-state index >= 15 is 0 Å². The fraction of sp³-hybridized carbons (Fsp3) is 0.667. The summed E-state index contributed by atoms with van der Waals surface area (Å²) in [5.74, 6) is 0.322. The summed E-state index contributed by atoms with van der Waals surface area (Å²) in [5, 5.41) is 4.35. The Balaban J connectivity index is 1.84. The molecule has 2 aliphatic rings. The van der Waals surface area contributed by atoms with Crippen molar-refractivity contribution in [1.82, 2.24) is 9.69 Å². The van der Waals surface area contributed by atoms with E-state index < -0.39 is 0 Å². The van der Waals surface area contributed by atoms with Gasteiger partial charge >= 0.3 is 0 Å². The van der Waals surface area contributed by atoms with Crippen molar-refractivity contribution in [2.45, 2.75) is 26.2 Å². The number of hydrogen-bond acceptors (Lipinski definition) is 4. The standard InChI is InChI=1S/C12H17N3OS/c1-9-8-10(17-14-9)15-7-4-12(11(15)16)2-5-13-6-3-12/h8,13H,2-7H2,1H3. The van der Waals surface area contributed by atoms with Gasteiger partial charge in [-0.1, -0.05) is 0 Å². The van der Waals surface area contributed by atoms with Crippen molar-refractivity contribution >= 4 is 22.4 Å². The Hall–Kier alpha value is -0.940. The second-order valence-corrected chi connectivity index (χ2v) is 5.83. The molecule has 1 N–H and O–H groups in total. The van der Waals surface area contributed by atoms with Crippen LogP contribution in [-0.4, -0.2) is 29.9 Å². The Morgan fingerprint density at radius 3 is 2.82 bits per heavy atom. The molecule has 5 heteroatoms. The molecule has 0 bridgehead atoms. The number of anilines is 1. The van der Waals surface area contributed by atoms with Crippen LogP contribution >= 0.6 is 11.5 Å². The number of nitrogens with one attached hydrogen (secondary N) is 1. The minimum Gasteiger partial charge on any atom is -0.317 e. The molecule has 3 rings (SSSR count). The molecule has 1 spiro atoms. The predicted octanol–water partition coefficient (Wildman–Crippen LogP) is 1.56. The number of rotatable bonds is 1. The third-order valence-corrected chi connectivity index (χ3v) is 4.86. The molecule has 4 nitrogen and oxygen atoms in total. The first-order valence-corrected chi connectivity index (χ1v) is 6.95. The summed E-state index contributed by atoms with van der Waals surface area (Å²) in [7, 11) is 0. The van der Waals surface area contributed by atoms with E-state index in [2.05, 4.69) is 9.69 Å². The summed E-state index contributed by atoms with van der Waals surface area (Å²) in [6, 6.07) is 2.02. The van der Waals surface area contributed by atoms with E-state index in [0.29, 0.717) is 5.91 Å². The van der Waals surface area contributed by atoms with Crippen molar-refractivity contribution in [3.8, 4) is 0 Å². The fourth-order valence-electron chi connectivity index (χ4n) is 2.88. The highest BCUT2D eigenvalue weighted by atomic mass is 32.1. The van der Waals surface area contributed by atoms with Crippen LogP contribution in [0, 0.1) is 12.3 Å². The number of hydrogen-bond donors (Lipinski definition) is 1. The van der Waals surface area contributed by atoms with Crippen molar-refractivity contribution in [3.05, 3.63) is 11.8 Å². The summed E-state index contributed by atoms with van der Waals surface area (Å²) >= 11 is 1.44. The molecule has 0 unspecified atom stereocenters. The van der Waals surface area contributed by atoms with E-state index in [4.69, 9.17) is 0 Å². The number of aryl methyl sites for hydroxylation is 1. The maximum atomic E-state index is 12.6. The summed E-state index contributed by atoms with van der Waals surface area (Å²) in [6.07, 6.45) is 2.98. The van der Waals surface area contributed by atoms with Gasteiger partial charge in [0.15, 0.2) is 0 Å². The second-order valence-electron chi connectivity index (χ2n) is 5.04. The van der Waals surface area contributed by atoms with Crippen LogP contribution in [0.2, 0.25) is 0 Å². The molecule has 2 fully saturated rings. The van der Waals surface area contributed by atoms with E-state index in [0.717, 1.165) is 49.6 Å². The van der Waals surface area contributed by atoms with E-state index in [-0.39, 0.29) is 5.41 Å². The Labute approximate surface area is 105 Å². The van der Waals surface area contributed by atoms with Gasteiger partial charge < -0.3 is 10.2 Å². The van der Waals surface area contributed by atoms with Crippen LogP contribution in [0.3, 0.4) is 0 Å². The Morgan fingerprint density at radius 1 is 1.41 bits per heavy atom. The molecule has 0 saturated carbocycles. The minimum absolute atomic E-state index is 0.0802. The lowest BCUT2D eigenvalue weighted by Crippen LogP contribution is -2.42. The maximum absolute atomic E-state index is 12.6. The highest BCUT2D eigenvalue weighted by Crippen LogP contribution is 2.42. The number of piperidine rings is 1. The molecule has 2 aliphatic heterocycles. The Bertz CT molecular complexity index is 437. The third-order valence-electron chi connectivity index (χ3n) is 3.96. The quantitative estimate of drug-likeness (QED) is 0.824. The van der Waals surface area contributed by atoms with Gasteiger partial charge in [0.25, 0.3) is 0 Å². The lowest BCUT2D eigenvalue weighted by Gasteiger charge is -2.31. The van der Waals surface area contributed by atoms with Gasteiger partial charge in [0, 0.05) is 6.54 Å². The largest absolute Gasteiger partial charge is 0.317 e. The van der Waals surface area contributed by atoms with E-state index in [1.807, 2.05) is 17.9 Å². The molecule has 1 amide bonds. The molecule has 0 atom stereocenters. The summed E-state index contributed by atoms with van der Waals surface area (Å²) in [6.45, 7) is 4.78. The zero-order chi connectivity index (χ0) is 11.9. The highest BCUT2D eigenvalue weighted by molar-refractivity contribution is 7.10. The van der Waals surface area contributed by atoms with Crippen molar-refractivity contribution in [3.63, 3.8) is 0 Å². The van der Waals surface area contributed by atoms with E-state index in [1.165, 1.54) is 11.5 Å². The highest BCUT2D eigenvalue weighted by Gasteiger charge is 2.47. The molecule has 0 radical (unpaired) electrons. The van der Waals surface area contributed by atoms with Gasteiger partial charge in [-0.15, -0.1) is 0 Å². The molecule has 1 aromatic rings. The monoisotopic (exact) mass is 251 g/mol. The lowest BCUT2D eigenvalue weighted by molar-refractivity contribution is -0.126. The van der Waals surface area contributed by atoms with Gasteiger partial charge in [0.2, 0.25) is 5.91 Å². The van der Waals surface area contributed by atoms with Crippen molar-refractivity contribution in [2.75, 3.05) is 24.5 Å². The zero-order valence-electron chi connectivity index (χ0n) is 10.0. The number of carbonyl (C=O) groups excluding carboxylic acids is 1. The van der Waals surface area contributed by atoms with Crippen LogP contribution in [0.15, 0.2) is 6.07 Å². The number of amides is 1. The normalized spacial score (nSPS) is 23.6. The minimum atomic E-state index is -0.0802. The number of nitrogens with zero attached hydrogens (tertiary/aromatic N) is 2. The van der Waals surface area contributed by atoms with Crippen LogP contribution in [0.4, 0.5) is 5.00 Å². The average Bonchev–Trinajstić information content (AvgIpc) is 2.88. The van der Waals surface area contributed by atoms with Gasteiger partial charge in [-0.05, 0) is 56.9 Å². The van der Waals surface area contributed by atoms with Crippen LogP contribution < -0.4 is 10.2 Å². The molecule has 2 saturated heterocycles. The molecule has 17 heavy (non-hydrogen) atoms.